The fraction of sp³-hybridized carbons (Fsp3) is 0.0909. The highest BCUT2D eigenvalue weighted by Gasteiger charge is 2.00. The van der Waals surface area contributed by atoms with Crippen LogP contribution in [0.15, 0.2) is 67.0 Å². The second kappa shape index (κ2) is 8.73. The Kier molecular flexibility index (Phi) is 5.91. The van der Waals surface area contributed by atoms with Crippen molar-refractivity contribution in [3.8, 4) is 11.5 Å². The topological polar surface area (TPSA) is 78.9 Å². The molecule has 3 aromatic rings. The van der Waals surface area contributed by atoms with Crippen LogP contribution in [0.3, 0.4) is 0 Å². The van der Waals surface area contributed by atoms with Gasteiger partial charge in [-0.2, -0.15) is 0 Å². The summed E-state index contributed by atoms with van der Waals surface area (Å²) in [4.78, 5) is 22.9. The van der Waals surface area contributed by atoms with Gasteiger partial charge in [-0.05, 0) is 23.3 Å². The molecule has 0 radical (unpaired) electrons. The van der Waals surface area contributed by atoms with E-state index < -0.39 is 11.3 Å². The molecule has 6 nitrogen and oxygen atoms in total. The molecule has 0 aliphatic heterocycles. The number of methoxy groups -OCH3 is 2. The van der Waals surface area contributed by atoms with Crippen LogP contribution in [0.4, 0.5) is 0 Å². The quantitative estimate of drug-likeness (QED) is 0.646. The van der Waals surface area contributed by atoms with Crippen LogP contribution >= 0.6 is 0 Å². The van der Waals surface area contributed by atoms with Gasteiger partial charge in [0.2, 0.25) is 0 Å². The van der Waals surface area contributed by atoms with E-state index >= 15 is 0 Å². The highest BCUT2D eigenvalue weighted by Crippen LogP contribution is 2.15. The van der Waals surface area contributed by atoms with Crippen molar-refractivity contribution < 1.29 is 18.3 Å². The van der Waals surface area contributed by atoms with E-state index in [2.05, 4.69) is 0 Å². The molecule has 0 N–H and O–H groups in total. The molecule has 0 atom stereocenters. The lowest BCUT2D eigenvalue weighted by atomic mass is 10.1. The predicted octanol–water partition coefficient (Wildman–Crippen LogP) is 3.95. The van der Waals surface area contributed by atoms with Crippen LogP contribution in [0.25, 0.3) is 24.3 Å². The van der Waals surface area contributed by atoms with Crippen molar-refractivity contribution in [2.75, 3.05) is 14.2 Å². The summed E-state index contributed by atoms with van der Waals surface area (Å²) < 4.78 is 20.3. The third kappa shape index (κ3) is 5.11. The molecule has 0 aliphatic rings. The first kappa shape index (κ1) is 19.0. The maximum atomic E-state index is 11.5. The maximum absolute atomic E-state index is 11.5. The van der Waals surface area contributed by atoms with Gasteiger partial charge < -0.3 is 18.3 Å². The molecule has 0 saturated heterocycles. The van der Waals surface area contributed by atoms with Gasteiger partial charge in [-0.25, -0.2) is 9.59 Å². The summed E-state index contributed by atoms with van der Waals surface area (Å²) in [5, 5.41) is 0. The Morgan fingerprint density at radius 1 is 0.643 bits per heavy atom. The fourth-order valence-corrected chi connectivity index (χ4v) is 2.42. The molecule has 0 bridgehead atoms. The maximum Gasteiger partial charge on any atom is 0.339 e. The monoisotopic (exact) mass is 378 g/mol. The average molecular weight is 378 g/mol. The molecule has 2 aromatic heterocycles. The average Bonchev–Trinajstić information content (AvgIpc) is 2.70. The number of ether oxygens (including phenoxy) is 2. The summed E-state index contributed by atoms with van der Waals surface area (Å²) in [5.74, 6) is 1.70. The van der Waals surface area contributed by atoms with Crippen molar-refractivity contribution in [2.45, 2.75) is 0 Å². The molecule has 2 heterocycles. The van der Waals surface area contributed by atoms with Crippen LogP contribution in [0.1, 0.15) is 22.6 Å². The molecule has 142 valence electrons. The van der Waals surface area contributed by atoms with Gasteiger partial charge in [-0.1, -0.05) is 36.4 Å². The van der Waals surface area contributed by atoms with Gasteiger partial charge in [0.1, 0.15) is 23.0 Å². The fourth-order valence-electron chi connectivity index (χ4n) is 2.42. The van der Waals surface area contributed by atoms with E-state index in [0.717, 1.165) is 11.1 Å². The number of rotatable bonds is 6. The van der Waals surface area contributed by atoms with Crippen molar-refractivity contribution in [1.82, 2.24) is 0 Å². The van der Waals surface area contributed by atoms with Crippen LogP contribution in [0.2, 0.25) is 0 Å². The lowest BCUT2D eigenvalue weighted by Gasteiger charge is -2.00. The Morgan fingerprint density at radius 2 is 1.04 bits per heavy atom. The van der Waals surface area contributed by atoms with Crippen molar-refractivity contribution >= 4 is 24.3 Å². The molecule has 0 saturated carbocycles. The summed E-state index contributed by atoms with van der Waals surface area (Å²) in [5.41, 5.74) is 0.915. The highest BCUT2D eigenvalue weighted by molar-refractivity contribution is 5.71. The van der Waals surface area contributed by atoms with Crippen molar-refractivity contribution in [1.29, 1.82) is 0 Å². The molecular weight excluding hydrogens is 360 g/mol. The van der Waals surface area contributed by atoms with Gasteiger partial charge in [0.15, 0.2) is 0 Å². The van der Waals surface area contributed by atoms with Gasteiger partial charge in [0, 0.05) is 12.1 Å². The van der Waals surface area contributed by atoms with Gasteiger partial charge in [-0.15, -0.1) is 0 Å². The van der Waals surface area contributed by atoms with Gasteiger partial charge >= 0.3 is 11.3 Å². The molecule has 1 aromatic carbocycles. The lowest BCUT2D eigenvalue weighted by molar-refractivity contribution is 0.400. The van der Waals surface area contributed by atoms with Crippen LogP contribution in [0, 0.1) is 0 Å². The van der Waals surface area contributed by atoms with E-state index in [1.54, 1.807) is 24.3 Å². The zero-order valence-electron chi connectivity index (χ0n) is 15.4. The van der Waals surface area contributed by atoms with E-state index in [0.29, 0.717) is 23.0 Å². The van der Waals surface area contributed by atoms with E-state index in [1.165, 1.54) is 26.4 Å². The van der Waals surface area contributed by atoms with Gasteiger partial charge in [-0.3, -0.25) is 0 Å². The molecular formula is C22H18O6. The van der Waals surface area contributed by atoms with Crippen molar-refractivity contribution in [2.24, 2.45) is 0 Å². The number of hydrogen-bond donors (Lipinski definition) is 0. The zero-order chi connectivity index (χ0) is 19.9. The Bertz CT molecular complexity index is 1030. The minimum atomic E-state index is -0.469. The minimum absolute atomic E-state index is 0.404. The zero-order valence-corrected chi connectivity index (χ0v) is 15.4. The summed E-state index contributed by atoms with van der Waals surface area (Å²) in [6, 6.07) is 13.5. The van der Waals surface area contributed by atoms with E-state index in [4.69, 9.17) is 18.3 Å². The molecule has 0 aliphatic carbocycles. The van der Waals surface area contributed by atoms with Gasteiger partial charge in [0.25, 0.3) is 0 Å². The third-order valence-electron chi connectivity index (χ3n) is 3.81. The van der Waals surface area contributed by atoms with Gasteiger partial charge in [0.05, 0.1) is 26.4 Å². The standard InChI is InChI=1S/C22H18O6/c1-25-19-11-17(27-21(23)13-19)9-7-15-3-5-16(6-4-15)8-10-18-12-20(26-2)14-22(24)28-18/h3-14H,1-2H3/b9-7+,10-8+. The summed E-state index contributed by atoms with van der Waals surface area (Å²) in [7, 11) is 2.98. The first-order chi connectivity index (χ1) is 13.6. The second-order valence-corrected chi connectivity index (χ2v) is 5.77. The van der Waals surface area contributed by atoms with E-state index in [1.807, 2.05) is 36.4 Å². The summed E-state index contributed by atoms with van der Waals surface area (Å²) in [6.07, 6.45) is 7.04. The van der Waals surface area contributed by atoms with Crippen molar-refractivity contribution in [3.05, 3.63) is 92.0 Å². The van der Waals surface area contributed by atoms with Crippen LogP contribution < -0.4 is 20.7 Å². The van der Waals surface area contributed by atoms with Crippen LogP contribution in [-0.4, -0.2) is 14.2 Å². The van der Waals surface area contributed by atoms with Crippen LogP contribution in [0.5, 0.6) is 11.5 Å². The third-order valence-corrected chi connectivity index (χ3v) is 3.81. The SMILES string of the molecule is COc1cc(/C=C/c2ccc(/C=C/c3cc(OC)cc(=O)o3)cc2)oc(=O)c1. The Morgan fingerprint density at radius 3 is 1.39 bits per heavy atom. The first-order valence-electron chi connectivity index (χ1n) is 8.40. The predicted molar refractivity (Wildman–Crippen MR) is 107 cm³/mol. The molecule has 3 rings (SSSR count). The largest absolute Gasteiger partial charge is 0.496 e. The smallest absolute Gasteiger partial charge is 0.339 e. The highest BCUT2D eigenvalue weighted by atomic mass is 16.5. The van der Waals surface area contributed by atoms with Crippen molar-refractivity contribution in [3.63, 3.8) is 0 Å². The Balaban J connectivity index is 1.73. The first-order valence-corrected chi connectivity index (χ1v) is 8.40. The number of hydrogen-bond acceptors (Lipinski definition) is 6. The number of benzene rings is 1. The molecule has 6 heteroatoms. The van der Waals surface area contributed by atoms with Crippen LogP contribution in [-0.2, 0) is 0 Å². The normalized spacial score (nSPS) is 11.2. The molecule has 0 spiro atoms. The minimum Gasteiger partial charge on any atom is -0.496 e. The van der Waals surface area contributed by atoms with E-state index in [9.17, 15) is 9.59 Å². The summed E-state index contributed by atoms with van der Waals surface area (Å²) >= 11 is 0. The Hall–Kier alpha value is -3.80. The summed E-state index contributed by atoms with van der Waals surface area (Å²) in [6.45, 7) is 0. The molecule has 0 unspecified atom stereocenters. The lowest BCUT2D eigenvalue weighted by Crippen LogP contribution is -1.98. The Labute approximate surface area is 161 Å². The molecule has 28 heavy (non-hydrogen) atoms. The second-order valence-electron chi connectivity index (χ2n) is 5.77. The van der Waals surface area contributed by atoms with E-state index in [-0.39, 0.29) is 0 Å². The molecule has 0 amide bonds. The molecule has 0 fully saturated rings.